The van der Waals surface area contributed by atoms with Crippen molar-refractivity contribution < 1.29 is 19.7 Å². The Morgan fingerprint density at radius 1 is 1.31 bits per heavy atom. The molecule has 1 unspecified atom stereocenters. The van der Waals surface area contributed by atoms with Crippen molar-refractivity contribution in [2.24, 2.45) is 11.8 Å². The lowest BCUT2D eigenvalue weighted by atomic mass is 9.84. The zero-order chi connectivity index (χ0) is 11.5. The molecule has 0 radical (unpaired) electrons. The number of hydrogen-bond acceptors (Lipinski definition) is 4. The van der Waals surface area contributed by atoms with Crippen molar-refractivity contribution in [1.29, 1.82) is 0 Å². The van der Waals surface area contributed by atoms with Gasteiger partial charge in [-0.15, -0.1) is 0 Å². The minimum Gasteiger partial charge on any atom is -0.480 e. The van der Waals surface area contributed by atoms with Crippen LogP contribution in [0.4, 0.5) is 0 Å². The van der Waals surface area contributed by atoms with Gasteiger partial charge in [0.1, 0.15) is 6.04 Å². The molecule has 16 heavy (non-hydrogen) atoms. The number of nitrogens with one attached hydrogen (secondary N) is 1. The molecule has 3 atom stereocenters. The van der Waals surface area contributed by atoms with Crippen molar-refractivity contribution in [3.63, 3.8) is 0 Å². The van der Waals surface area contributed by atoms with Gasteiger partial charge in [-0.1, -0.05) is 0 Å². The average molecular weight is 229 g/mol. The van der Waals surface area contributed by atoms with Gasteiger partial charge in [-0.25, -0.2) is 0 Å². The molecular formula is C11H19NO4. The van der Waals surface area contributed by atoms with Gasteiger partial charge in [-0.2, -0.15) is 0 Å². The summed E-state index contributed by atoms with van der Waals surface area (Å²) in [4.78, 5) is 10.8. The van der Waals surface area contributed by atoms with Gasteiger partial charge in [0.05, 0.1) is 6.10 Å². The van der Waals surface area contributed by atoms with Gasteiger partial charge in [0.15, 0.2) is 0 Å². The van der Waals surface area contributed by atoms with Crippen molar-refractivity contribution in [2.75, 3.05) is 19.8 Å². The molecule has 0 aromatic carbocycles. The standard InChI is InChI=1S/C11H19NO4/c13-10(7-1-3-16-4-2-7)8-5-9(11(14)15)12-6-8/h7-10,12-13H,1-6H2,(H,14,15)/t8-,9+,10?/m1/s1. The van der Waals surface area contributed by atoms with E-state index in [0.717, 1.165) is 12.8 Å². The lowest BCUT2D eigenvalue weighted by molar-refractivity contribution is -0.139. The summed E-state index contributed by atoms with van der Waals surface area (Å²) in [5, 5.41) is 22.0. The molecule has 0 bridgehead atoms. The van der Waals surface area contributed by atoms with Crippen molar-refractivity contribution in [2.45, 2.75) is 31.4 Å². The van der Waals surface area contributed by atoms with E-state index in [1.54, 1.807) is 0 Å². The molecule has 3 N–H and O–H groups in total. The lowest BCUT2D eigenvalue weighted by Gasteiger charge is -2.30. The predicted molar refractivity (Wildman–Crippen MR) is 57.1 cm³/mol. The largest absolute Gasteiger partial charge is 0.480 e. The normalized spacial score (nSPS) is 33.8. The molecule has 5 heteroatoms. The topological polar surface area (TPSA) is 78.8 Å². The molecule has 2 rings (SSSR count). The molecule has 92 valence electrons. The molecule has 0 amide bonds. The zero-order valence-corrected chi connectivity index (χ0v) is 9.26. The maximum absolute atomic E-state index is 10.8. The monoisotopic (exact) mass is 229 g/mol. The number of rotatable bonds is 3. The van der Waals surface area contributed by atoms with E-state index in [0.29, 0.717) is 26.2 Å². The number of hydrogen-bond donors (Lipinski definition) is 3. The number of ether oxygens (including phenoxy) is 1. The maximum atomic E-state index is 10.8. The Hall–Kier alpha value is -0.650. The highest BCUT2D eigenvalue weighted by Gasteiger charge is 2.36. The fraction of sp³-hybridized carbons (Fsp3) is 0.909. The second kappa shape index (κ2) is 5.12. The minimum absolute atomic E-state index is 0.0733. The highest BCUT2D eigenvalue weighted by Crippen LogP contribution is 2.28. The quantitative estimate of drug-likeness (QED) is 0.626. The van der Waals surface area contributed by atoms with Crippen LogP contribution < -0.4 is 5.32 Å². The molecule has 5 nitrogen and oxygen atoms in total. The summed E-state index contributed by atoms with van der Waals surface area (Å²) in [6, 6.07) is -0.487. The summed E-state index contributed by atoms with van der Waals surface area (Å²) in [7, 11) is 0. The van der Waals surface area contributed by atoms with Gasteiger partial charge in [0, 0.05) is 19.8 Å². The van der Waals surface area contributed by atoms with E-state index in [-0.39, 0.29) is 17.9 Å². The summed E-state index contributed by atoms with van der Waals surface area (Å²) in [5.74, 6) is -0.473. The molecule has 2 saturated heterocycles. The number of aliphatic hydroxyl groups is 1. The molecule has 0 aliphatic carbocycles. The molecule has 0 saturated carbocycles. The molecule has 0 aromatic rings. The minimum atomic E-state index is -0.818. The van der Waals surface area contributed by atoms with Crippen LogP contribution >= 0.6 is 0 Å². The van der Waals surface area contributed by atoms with Crippen LogP contribution in [0.2, 0.25) is 0 Å². The van der Waals surface area contributed by atoms with E-state index in [4.69, 9.17) is 9.84 Å². The second-order valence-electron chi connectivity index (χ2n) is 4.74. The van der Waals surface area contributed by atoms with Gasteiger partial charge >= 0.3 is 5.97 Å². The summed E-state index contributed by atoms with van der Waals surface area (Å²) in [5.41, 5.74) is 0. The molecular weight excluding hydrogens is 210 g/mol. The first kappa shape index (κ1) is 11.8. The number of aliphatic hydroxyl groups excluding tert-OH is 1. The van der Waals surface area contributed by atoms with Crippen LogP contribution in [0.15, 0.2) is 0 Å². The molecule has 2 heterocycles. The van der Waals surface area contributed by atoms with Crippen LogP contribution in [0.3, 0.4) is 0 Å². The first-order valence-corrected chi connectivity index (χ1v) is 5.90. The van der Waals surface area contributed by atoms with E-state index in [1.807, 2.05) is 0 Å². The van der Waals surface area contributed by atoms with E-state index < -0.39 is 12.0 Å². The summed E-state index contributed by atoms with van der Waals surface area (Å²) >= 11 is 0. The Morgan fingerprint density at radius 2 is 2.00 bits per heavy atom. The van der Waals surface area contributed by atoms with Crippen LogP contribution in [0.25, 0.3) is 0 Å². The third kappa shape index (κ3) is 2.53. The number of carboxylic acid groups (broad SMARTS) is 1. The SMILES string of the molecule is O=C(O)[C@@H]1C[C@@H](C(O)C2CCOCC2)CN1. The summed E-state index contributed by atoms with van der Waals surface area (Å²) < 4.78 is 5.25. The summed E-state index contributed by atoms with van der Waals surface area (Å²) in [6.07, 6.45) is 1.92. The molecule has 0 aromatic heterocycles. The van der Waals surface area contributed by atoms with Crippen molar-refractivity contribution in [3.05, 3.63) is 0 Å². The van der Waals surface area contributed by atoms with E-state index >= 15 is 0 Å². The zero-order valence-electron chi connectivity index (χ0n) is 9.26. The van der Waals surface area contributed by atoms with Crippen molar-refractivity contribution in [1.82, 2.24) is 5.32 Å². The first-order valence-electron chi connectivity index (χ1n) is 5.90. The van der Waals surface area contributed by atoms with Gasteiger partial charge < -0.3 is 20.3 Å². The van der Waals surface area contributed by atoms with Crippen LogP contribution in [0.5, 0.6) is 0 Å². The van der Waals surface area contributed by atoms with Crippen molar-refractivity contribution >= 4 is 5.97 Å². The van der Waals surface area contributed by atoms with Gasteiger partial charge in [0.25, 0.3) is 0 Å². The van der Waals surface area contributed by atoms with Crippen LogP contribution in [0.1, 0.15) is 19.3 Å². The molecule has 2 aliphatic heterocycles. The van der Waals surface area contributed by atoms with E-state index in [9.17, 15) is 9.90 Å². The fourth-order valence-corrected chi connectivity index (χ4v) is 2.65. The van der Waals surface area contributed by atoms with E-state index in [1.165, 1.54) is 0 Å². The van der Waals surface area contributed by atoms with Crippen LogP contribution in [0, 0.1) is 11.8 Å². The second-order valence-corrected chi connectivity index (χ2v) is 4.74. The molecule has 2 fully saturated rings. The predicted octanol–water partition coefficient (Wildman–Crippen LogP) is -0.163. The van der Waals surface area contributed by atoms with Crippen molar-refractivity contribution in [3.8, 4) is 0 Å². The lowest BCUT2D eigenvalue weighted by Crippen LogP contribution is -2.34. The van der Waals surface area contributed by atoms with Gasteiger partial charge in [0.2, 0.25) is 0 Å². The number of carboxylic acids is 1. The van der Waals surface area contributed by atoms with Crippen LogP contribution in [-0.2, 0) is 9.53 Å². The Bertz CT molecular complexity index is 252. The third-order valence-electron chi connectivity index (χ3n) is 3.69. The Morgan fingerprint density at radius 3 is 2.56 bits per heavy atom. The van der Waals surface area contributed by atoms with Gasteiger partial charge in [-0.3, -0.25) is 4.79 Å². The smallest absolute Gasteiger partial charge is 0.320 e. The fourth-order valence-electron chi connectivity index (χ4n) is 2.65. The Kier molecular flexibility index (Phi) is 3.78. The van der Waals surface area contributed by atoms with Crippen LogP contribution in [-0.4, -0.2) is 48.1 Å². The number of aliphatic carboxylic acids is 1. The number of carbonyl (C=O) groups is 1. The summed E-state index contributed by atoms with van der Waals surface area (Å²) in [6.45, 7) is 2.03. The first-order chi connectivity index (χ1) is 7.68. The maximum Gasteiger partial charge on any atom is 0.320 e. The Balaban J connectivity index is 1.85. The highest BCUT2D eigenvalue weighted by atomic mass is 16.5. The average Bonchev–Trinajstić information content (AvgIpc) is 2.78. The molecule has 0 spiro atoms. The van der Waals surface area contributed by atoms with Gasteiger partial charge in [-0.05, 0) is 31.1 Å². The molecule has 2 aliphatic rings. The third-order valence-corrected chi connectivity index (χ3v) is 3.69. The highest BCUT2D eigenvalue weighted by molar-refractivity contribution is 5.73. The Labute approximate surface area is 94.8 Å². The van der Waals surface area contributed by atoms with E-state index in [2.05, 4.69) is 5.32 Å².